The van der Waals surface area contributed by atoms with Crippen molar-refractivity contribution in [2.45, 2.75) is 45.3 Å². The third-order valence-corrected chi connectivity index (χ3v) is 8.07. The van der Waals surface area contributed by atoms with Gasteiger partial charge in [0, 0.05) is 38.4 Å². The average Bonchev–Trinajstić information content (AvgIpc) is 2.96. The number of pyridine rings is 1. The molecule has 5 rings (SSSR count). The van der Waals surface area contributed by atoms with Gasteiger partial charge in [0.2, 0.25) is 0 Å². The summed E-state index contributed by atoms with van der Waals surface area (Å²) in [6.07, 6.45) is 4.80. The standard InChI is InChI=1S/C32H39N3O4/c1-3-23-4-6-25(7-5-23)22-39-30-9-8-27(17-31(30)38-2)28-19-35(20-28)32(37)29-16-26(10-13-33-29)18-34-14-11-24(21-36)12-15-34/h4-10,13,16-17,24,28,36H,3,11-12,14-15,18-22H2,1-2H3. The Hall–Kier alpha value is -3.42. The van der Waals surface area contributed by atoms with Gasteiger partial charge >= 0.3 is 0 Å². The Morgan fingerprint density at radius 1 is 0.974 bits per heavy atom. The summed E-state index contributed by atoms with van der Waals surface area (Å²) in [6.45, 7) is 6.99. The summed E-state index contributed by atoms with van der Waals surface area (Å²) in [5.41, 5.74) is 5.19. The molecule has 0 bridgehead atoms. The lowest BCUT2D eigenvalue weighted by Crippen LogP contribution is -2.48. The van der Waals surface area contributed by atoms with E-state index in [1.807, 2.05) is 29.2 Å². The molecule has 0 spiro atoms. The number of hydrogen-bond donors (Lipinski definition) is 1. The van der Waals surface area contributed by atoms with Crippen molar-refractivity contribution in [2.24, 2.45) is 5.92 Å². The predicted molar refractivity (Wildman–Crippen MR) is 151 cm³/mol. The van der Waals surface area contributed by atoms with Gasteiger partial charge < -0.3 is 19.5 Å². The first-order chi connectivity index (χ1) is 19.1. The third kappa shape index (κ3) is 6.60. The zero-order chi connectivity index (χ0) is 27.2. The SMILES string of the molecule is CCc1ccc(COc2ccc(C3CN(C(=O)c4cc(CN5CCC(CO)CC5)ccn4)C3)cc2OC)cc1. The first-order valence-corrected chi connectivity index (χ1v) is 14.0. The van der Waals surface area contributed by atoms with E-state index >= 15 is 0 Å². The maximum absolute atomic E-state index is 13.1. The molecule has 7 heteroatoms. The Morgan fingerprint density at radius 3 is 2.41 bits per heavy atom. The number of nitrogens with zero attached hydrogens (tertiary/aromatic N) is 3. The van der Waals surface area contributed by atoms with E-state index in [1.165, 1.54) is 5.56 Å². The molecule has 0 unspecified atom stereocenters. The molecule has 3 aromatic rings. The highest BCUT2D eigenvalue weighted by Crippen LogP contribution is 2.35. The molecule has 1 N–H and O–H groups in total. The summed E-state index contributed by atoms with van der Waals surface area (Å²) in [6, 6.07) is 18.5. The largest absolute Gasteiger partial charge is 0.493 e. The molecule has 0 aliphatic carbocycles. The smallest absolute Gasteiger partial charge is 0.272 e. The van der Waals surface area contributed by atoms with Crippen molar-refractivity contribution in [3.63, 3.8) is 0 Å². The number of ether oxygens (including phenoxy) is 2. The number of piperidine rings is 1. The van der Waals surface area contributed by atoms with Gasteiger partial charge in [-0.1, -0.05) is 37.3 Å². The lowest BCUT2D eigenvalue weighted by atomic mass is 9.90. The number of amides is 1. The van der Waals surface area contributed by atoms with Gasteiger partial charge in [-0.05, 0) is 84.8 Å². The molecule has 1 amide bonds. The molecule has 2 aromatic carbocycles. The van der Waals surface area contributed by atoms with Crippen LogP contribution in [0, 0.1) is 5.92 Å². The summed E-state index contributed by atoms with van der Waals surface area (Å²) in [7, 11) is 1.66. The van der Waals surface area contributed by atoms with Crippen LogP contribution in [0.15, 0.2) is 60.8 Å². The third-order valence-electron chi connectivity index (χ3n) is 8.07. The van der Waals surface area contributed by atoms with E-state index in [0.717, 1.165) is 61.3 Å². The van der Waals surface area contributed by atoms with Crippen molar-refractivity contribution >= 4 is 5.91 Å². The minimum atomic E-state index is -0.0203. The molecular formula is C32H39N3O4. The highest BCUT2D eigenvalue weighted by molar-refractivity contribution is 5.93. The van der Waals surface area contributed by atoms with Crippen LogP contribution in [0.3, 0.4) is 0 Å². The molecule has 2 aliphatic rings. The van der Waals surface area contributed by atoms with E-state index in [9.17, 15) is 9.90 Å². The molecule has 0 radical (unpaired) electrons. The van der Waals surface area contributed by atoms with E-state index < -0.39 is 0 Å². The zero-order valence-corrected chi connectivity index (χ0v) is 23.0. The van der Waals surface area contributed by atoms with Gasteiger partial charge in [0.05, 0.1) is 7.11 Å². The van der Waals surface area contributed by atoms with Crippen LogP contribution in [0.25, 0.3) is 0 Å². The highest BCUT2D eigenvalue weighted by atomic mass is 16.5. The Labute approximate surface area is 231 Å². The minimum absolute atomic E-state index is 0.0203. The average molecular weight is 530 g/mol. The molecule has 0 saturated carbocycles. The molecule has 2 aliphatic heterocycles. The van der Waals surface area contributed by atoms with Crippen molar-refractivity contribution in [3.8, 4) is 11.5 Å². The number of methoxy groups -OCH3 is 1. The van der Waals surface area contributed by atoms with Crippen LogP contribution in [0.5, 0.6) is 11.5 Å². The molecule has 7 nitrogen and oxygen atoms in total. The van der Waals surface area contributed by atoms with E-state index in [4.69, 9.17) is 9.47 Å². The predicted octanol–water partition coefficient (Wildman–Crippen LogP) is 4.68. The van der Waals surface area contributed by atoms with Gasteiger partial charge in [0.1, 0.15) is 12.3 Å². The van der Waals surface area contributed by atoms with Gasteiger partial charge in [0.25, 0.3) is 5.91 Å². The molecule has 0 atom stereocenters. The molecule has 1 aromatic heterocycles. The van der Waals surface area contributed by atoms with Crippen LogP contribution < -0.4 is 9.47 Å². The fourth-order valence-electron chi connectivity index (χ4n) is 5.38. The van der Waals surface area contributed by atoms with Gasteiger partial charge in [-0.3, -0.25) is 14.7 Å². The van der Waals surface area contributed by atoms with Crippen LogP contribution >= 0.6 is 0 Å². The molecule has 206 valence electrons. The number of aryl methyl sites for hydroxylation is 1. The summed E-state index contributed by atoms with van der Waals surface area (Å²) >= 11 is 0. The van der Waals surface area contributed by atoms with Crippen LogP contribution in [0.1, 0.15) is 58.4 Å². The Kier molecular flexibility index (Phi) is 8.79. The van der Waals surface area contributed by atoms with E-state index in [2.05, 4.69) is 47.1 Å². The van der Waals surface area contributed by atoms with Crippen molar-refractivity contribution < 1.29 is 19.4 Å². The number of carbonyl (C=O) groups is 1. The lowest BCUT2D eigenvalue weighted by Gasteiger charge is -2.39. The number of carbonyl (C=O) groups excluding carboxylic acids is 1. The van der Waals surface area contributed by atoms with Gasteiger partial charge in [0.15, 0.2) is 11.5 Å². The monoisotopic (exact) mass is 529 g/mol. The van der Waals surface area contributed by atoms with E-state index in [0.29, 0.717) is 37.1 Å². The quantitative estimate of drug-likeness (QED) is 0.411. The Morgan fingerprint density at radius 2 is 1.72 bits per heavy atom. The lowest BCUT2D eigenvalue weighted by molar-refractivity contribution is 0.0595. The number of aliphatic hydroxyl groups is 1. The van der Waals surface area contributed by atoms with Gasteiger partial charge in [-0.25, -0.2) is 0 Å². The summed E-state index contributed by atoms with van der Waals surface area (Å²) in [4.78, 5) is 21.8. The number of benzene rings is 2. The summed E-state index contributed by atoms with van der Waals surface area (Å²) < 4.78 is 11.7. The minimum Gasteiger partial charge on any atom is -0.493 e. The topological polar surface area (TPSA) is 75.1 Å². The highest BCUT2D eigenvalue weighted by Gasteiger charge is 2.33. The zero-order valence-electron chi connectivity index (χ0n) is 23.0. The second-order valence-corrected chi connectivity index (χ2v) is 10.7. The van der Waals surface area contributed by atoms with Crippen molar-refractivity contribution in [2.75, 3.05) is 39.9 Å². The van der Waals surface area contributed by atoms with Gasteiger partial charge in [-0.2, -0.15) is 0 Å². The van der Waals surface area contributed by atoms with Gasteiger partial charge in [-0.15, -0.1) is 0 Å². The maximum Gasteiger partial charge on any atom is 0.272 e. The fourth-order valence-corrected chi connectivity index (χ4v) is 5.38. The molecule has 3 heterocycles. The maximum atomic E-state index is 13.1. The Bertz CT molecular complexity index is 1250. The second kappa shape index (κ2) is 12.6. The molecule has 2 fully saturated rings. The normalized spacial score (nSPS) is 16.6. The molecular weight excluding hydrogens is 490 g/mol. The summed E-state index contributed by atoms with van der Waals surface area (Å²) in [5.74, 6) is 2.08. The van der Waals surface area contributed by atoms with Crippen molar-refractivity contribution in [3.05, 3.63) is 88.7 Å². The van der Waals surface area contributed by atoms with Crippen molar-refractivity contribution in [1.82, 2.24) is 14.8 Å². The van der Waals surface area contributed by atoms with E-state index in [1.54, 1.807) is 13.3 Å². The number of hydrogen-bond acceptors (Lipinski definition) is 6. The van der Waals surface area contributed by atoms with Crippen LogP contribution in [0.4, 0.5) is 0 Å². The van der Waals surface area contributed by atoms with Crippen LogP contribution in [-0.2, 0) is 19.6 Å². The van der Waals surface area contributed by atoms with E-state index in [-0.39, 0.29) is 18.4 Å². The Balaban J connectivity index is 1.15. The molecule has 2 saturated heterocycles. The summed E-state index contributed by atoms with van der Waals surface area (Å²) in [5, 5.41) is 9.37. The van der Waals surface area contributed by atoms with Crippen LogP contribution in [-0.4, -0.2) is 65.7 Å². The number of likely N-dealkylation sites (tertiary alicyclic amines) is 2. The molecule has 39 heavy (non-hydrogen) atoms. The first kappa shape index (κ1) is 27.2. The number of aromatic nitrogens is 1. The number of aliphatic hydroxyl groups excluding tert-OH is 1. The van der Waals surface area contributed by atoms with Crippen LogP contribution in [0.2, 0.25) is 0 Å². The van der Waals surface area contributed by atoms with Crippen molar-refractivity contribution in [1.29, 1.82) is 0 Å². The second-order valence-electron chi connectivity index (χ2n) is 10.7. The first-order valence-electron chi connectivity index (χ1n) is 14.0. The fraction of sp³-hybridized carbons (Fsp3) is 0.438. The number of rotatable bonds is 10.